The number of piperidine rings is 1. The Balaban J connectivity index is 1.50. The van der Waals surface area contributed by atoms with E-state index >= 15 is 0 Å². The predicted octanol–water partition coefficient (Wildman–Crippen LogP) is 3.25. The highest BCUT2D eigenvalue weighted by Crippen LogP contribution is 2.32. The van der Waals surface area contributed by atoms with Gasteiger partial charge in [0.2, 0.25) is 5.91 Å². The number of aryl methyl sites for hydroxylation is 1. The zero-order valence-electron chi connectivity index (χ0n) is 18.7. The molecule has 2 aliphatic rings. The van der Waals surface area contributed by atoms with Crippen molar-refractivity contribution in [2.75, 3.05) is 31.6 Å². The maximum Gasteiger partial charge on any atom is 0.244 e. The van der Waals surface area contributed by atoms with Crippen LogP contribution in [0.25, 0.3) is 6.08 Å². The number of aromatic nitrogens is 1. The second-order valence-electron chi connectivity index (χ2n) is 9.08. The van der Waals surface area contributed by atoms with Crippen molar-refractivity contribution in [3.05, 3.63) is 29.1 Å². The highest BCUT2D eigenvalue weighted by molar-refractivity contribution is 7.90. The lowest BCUT2D eigenvalue weighted by Gasteiger charge is -2.31. The third-order valence-electron chi connectivity index (χ3n) is 6.59. The van der Waals surface area contributed by atoms with Gasteiger partial charge in [0, 0.05) is 55.4 Å². The summed E-state index contributed by atoms with van der Waals surface area (Å²) in [5.74, 6) is 0.151. The van der Waals surface area contributed by atoms with Crippen LogP contribution in [0.4, 0.5) is 0 Å². The summed E-state index contributed by atoms with van der Waals surface area (Å²) >= 11 is 0. The van der Waals surface area contributed by atoms with Crippen molar-refractivity contribution in [3.63, 3.8) is 0 Å². The number of carbonyl (C=O) groups excluding carboxylic acids is 1. The molecule has 0 radical (unpaired) electrons. The molecule has 1 saturated carbocycles. The maximum absolute atomic E-state index is 12.4. The molecule has 1 aliphatic heterocycles. The predicted molar refractivity (Wildman–Crippen MR) is 122 cm³/mol. The molecule has 30 heavy (non-hydrogen) atoms. The van der Waals surface area contributed by atoms with Crippen LogP contribution in [0.1, 0.15) is 67.9 Å². The summed E-state index contributed by atoms with van der Waals surface area (Å²) in [6, 6.07) is 2.95. The van der Waals surface area contributed by atoms with Gasteiger partial charge < -0.3 is 14.8 Å². The lowest BCUT2D eigenvalue weighted by Crippen LogP contribution is -2.45. The van der Waals surface area contributed by atoms with E-state index in [2.05, 4.69) is 34.7 Å². The van der Waals surface area contributed by atoms with Crippen molar-refractivity contribution < 1.29 is 13.2 Å². The fraction of sp³-hybridized carbons (Fsp3) is 0.696. The van der Waals surface area contributed by atoms with Crippen LogP contribution in [0.2, 0.25) is 0 Å². The molecule has 0 bridgehead atoms. The van der Waals surface area contributed by atoms with E-state index in [-0.39, 0.29) is 17.7 Å². The van der Waals surface area contributed by atoms with Gasteiger partial charge in [0.1, 0.15) is 9.84 Å². The quantitative estimate of drug-likeness (QED) is 0.668. The molecule has 1 amide bonds. The Hall–Kier alpha value is -1.60. The highest BCUT2D eigenvalue weighted by Gasteiger charge is 2.21. The van der Waals surface area contributed by atoms with Crippen molar-refractivity contribution in [3.8, 4) is 0 Å². The Morgan fingerprint density at radius 2 is 1.80 bits per heavy atom. The van der Waals surface area contributed by atoms with Crippen molar-refractivity contribution in [1.82, 2.24) is 14.8 Å². The van der Waals surface area contributed by atoms with Crippen LogP contribution < -0.4 is 5.32 Å². The van der Waals surface area contributed by atoms with Crippen molar-refractivity contribution in [2.24, 2.45) is 0 Å². The molecule has 1 aromatic rings. The number of sulfone groups is 1. The molecule has 0 spiro atoms. The summed E-state index contributed by atoms with van der Waals surface area (Å²) in [5, 5.41) is 3.11. The average Bonchev–Trinajstić information content (AvgIpc) is 2.99. The van der Waals surface area contributed by atoms with Crippen LogP contribution in [0.5, 0.6) is 0 Å². The standard InChI is InChI=1S/C23H37N3O3S/c1-18-17-20(19(2)26(18)22-7-5-4-6-8-22)9-10-23(27)24-21-11-13-25(14-12-21)15-16-30(3,28)29/h9-10,17,21-22H,4-8,11-16H2,1-3H3,(H,24,27). The first-order chi connectivity index (χ1) is 14.2. The van der Waals surface area contributed by atoms with Gasteiger partial charge in [-0.1, -0.05) is 19.3 Å². The molecule has 2 heterocycles. The molecule has 1 aliphatic carbocycles. The third kappa shape index (κ3) is 6.45. The van der Waals surface area contributed by atoms with Gasteiger partial charge in [-0.15, -0.1) is 0 Å². The minimum Gasteiger partial charge on any atom is -0.350 e. The van der Waals surface area contributed by atoms with Gasteiger partial charge in [-0.25, -0.2) is 8.42 Å². The van der Waals surface area contributed by atoms with Crippen LogP contribution in [0.3, 0.4) is 0 Å². The number of hydrogen-bond acceptors (Lipinski definition) is 4. The summed E-state index contributed by atoms with van der Waals surface area (Å²) in [6.45, 7) is 6.55. The Kier molecular flexibility index (Phi) is 7.80. The van der Waals surface area contributed by atoms with Crippen LogP contribution in [-0.2, 0) is 14.6 Å². The molecule has 0 aromatic carbocycles. The molecule has 1 saturated heterocycles. The Morgan fingerprint density at radius 3 is 2.43 bits per heavy atom. The zero-order valence-corrected chi connectivity index (χ0v) is 19.5. The summed E-state index contributed by atoms with van der Waals surface area (Å²) < 4.78 is 25.1. The van der Waals surface area contributed by atoms with E-state index in [1.807, 2.05) is 6.08 Å². The molecule has 3 rings (SSSR count). The van der Waals surface area contributed by atoms with Gasteiger partial charge in [-0.2, -0.15) is 0 Å². The monoisotopic (exact) mass is 435 g/mol. The number of nitrogens with one attached hydrogen (secondary N) is 1. The van der Waals surface area contributed by atoms with Crippen molar-refractivity contribution in [2.45, 2.75) is 70.9 Å². The molecule has 1 N–H and O–H groups in total. The minimum atomic E-state index is -2.92. The second-order valence-corrected chi connectivity index (χ2v) is 11.3. The second kappa shape index (κ2) is 10.1. The molecular formula is C23H37N3O3S. The summed E-state index contributed by atoms with van der Waals surface area (Å²) in [4.78, 5) is 14.6. The molecule has 7 heteroatoms. The summed E-state index contributed by atoms with van der Waals surface area (Å²) in [7, 11) is -2.92. The maximum atomic E-state index is 12.4. The van der Waals surface area contributed by atoms with E-state index in [0.29, 0.717) is 12.6 Å². The van der Waals surface area contributed by atoms with E-state index < -0.39 is 9.84 Å². The van der Waals surface area contributed by atoms with Gasteiger partial charge in [0.05, 0.1) is 5.75 Å². The van der Waals surface area contributed by atoms with Crippen LogP contribution in [0, 0.1) is 13.8 Å². The Bertz CT molecular complexity index is 858. The zero-order chi connectivity index (χ0) is 21.7. The van der Waals surface area contributed by atoms with E-state index in [0.717, 1.165) is 31.5 Å². The van der Waals surface area contributed by atoms with E-state index in [1.54, 1.807) is 6.08 Å². The highest BCUT2D eigenvalue weighted by atomic mass is 32.2. The lowest BCUT2D eigenvalue weighted by atomic mass is 9.95. The first kappa shape index (κ1) is 23.1. The van der Waals surface area contributed by atoms with Crippen LogP contribution in [-0.4, -0.2) is 61.5 Å². The number of likely N-dealkylation sites (tertiary alicyclic amines) is 1. The average molecular weight is 436 g/mol. The van der Waals surface area contributed by atoms with E-state index in [1.165, 1.54) is 49.7 Å². The number of amides is 1. The van der Waals surface area contributed by atoms with Crippen LogP contribution >= 0.6 is 0 Å². The van der Waals surface area contributed by atoms with Crippen LogP contribution in [0.15, 0.2) is 12.1 Å². The molecule has 6 nitrogen and oxygen atoms in total. The first-order valence-corrected chi connectivity index (χ1v) is 13.4. The molecule has 1 aromatic heterocycles. The Morgan fingerprint density at radius 1 is 1.13 bits per heavy atom. The lowest BCUT2D eigenvalue weighted by molar-refractivity contribution is -0.117. The molecule has 0 unspecified atom stereocenters. The Labute approximate surface area is 181 Å². The van der Waals surface area contributed by atoms with Crippen molar-refractivity contribution in [1.29, 1.82) is 0 Å². The van der Waals surface area contributed by atoms with Gasteiger partial charge >= 0.3 is 0 Å². The fourth-order valence-corrected chi connectivity index (χ4v) is 5.47. The van der Waals surface area contributed by atoms with Gasteiger partial charge in [0.15, 0.2) is 0 Å². The fourth-order valence-electron chi connectivity index (χ4n) is 4.88. The SMILES string of the molecule is Cc1cc(C=CC(=O)NC2CCN(CCS(C)(=O)=O)CC2)c(C)n1C1CCCCC1. The molecule has 2 fully saturated rings. The number of carbonyl (C=O) groups is 1. The van der Waals surface area contributed by atoms with Crippen molar-refractivity contribution >= 4 is 21.8 Å². The summed E-state index contributed by atoms with van der Waals surface area (Å²) in [5.41, 5.74) is 3.66. The third-order valence-corrected chi connectivity index (χ3v) is 7.51. The first-order valence-electron chi connectivity index (χ1n) is 11.3. The molecule has 168 valence electrons. The van der Waals surface area contributed by atoms with Gasteiger partial charge in [-0.3, -0.25) is 4.79 Å². The van der Waals surface area contributed by atoms with Gasteiger partial charge in [0.25, 0.3) is 0 Å². The van der Waals surface area contributed by atoms with E-state index in [9.17, 15) is 13.2 Å². The minimum absolute atomic E-state index is 0.0490. The van der Waals surface area contributed by atoms with E-state index in [4.69, 9.17) is 0 Å². The molecule has 0 atom stereocenters. The smallest absolute Gasteiger partial charge is 0.244 e. The normalized spacial score (nSPS) is 20.1. The number of hydrogen-bond donors (Lipinski definition) is 1. The molecular weight excluding hydrogens is 398 g/mol. The number of nitrogens with zero attached hydrogens (tertiary/aromatic N) is 2. The largest absolute Gasteiger partial charge is 0.350 e. The number of rotatable bonds is 7. The van der Waals surface area contributed by atoms with Gasteiger partial charge in [-0.05, 0) is 57.2 Å². The topological polar surface area (TPSA) is 71.4 Å². The summed E-state index contributed by atoms with van der Waals surface area (Å²) in [6.07, 6.45) is 13.1.